The van der Waals surface area contributed by atoms with Gasteiger partial charge < -0.3 is 30.7 Å². The number of hydrogen-bond acceptors (Lipinski definition) is 6. The molecule has 0 aliphatic carbocycles. The molecular weight excluding hydrogens is 464 g/mol. The molecule has 36 heavy (non-hydrogen) atoms. The minimum atomic E-state index is -0.397. The Kier molecular flexibility index (Phi) is 12.3. The molecule has 4 amide bonds. The van der Waals surface area contributed by atoms with Gasteiger partial charge >= 0.3 is 24.0 Å². The van der Waals surface area contributed by atoms with Crippen molar-refractivity contribution >= 4 is 35.4 Å². The monoisotopic (exact) mass is 498 g/mol. The van der Waals surface area contributed by atoms with E-state index in [4.69, 9.17) is 9.47 Å². The highest BCUT2D eigenvalue weighted by Gasteiger charge is 2.08. The number of amides is 4. The van der Waals surface area contributed by atoms with Gasteiger partial charge in [-0.1, -0.05) is 12.8 Å². The number of carbonyl (C=O) groups is 4. The first-order valence-corrected chi connectivity index (χ1v) is 12.1. The minimum Gasteiger partial charge on any atom is -0.462 e. The van der Waals surface area contributed by atoms with Crippen LogP contribution in [0.4, 0.5) is 21.0 Å². The summed E-state index contributed by atoms with van der Waals surface area (Å²) in [4.78, 5) is 47.3. The highest BCUT2D eigenvalue weighted by Crippen LogP contribution is 2.11. The number of anilines is 2. The molecule has 2 aromatic carbocycles. The van der Waals surface area contributed by atoms with E-state index >= 15 is 0 Å². The normalized spacial score (nSPS) is 10.2. The number of urea groups is 2. The van der Waals surface area contributed by atoms with Gasteiger partial charge in [0, 0.05) is 24.5 Å². The molecule has 0 atom stereocenters. The molecule has 10 heteroatoms. The van der Waals surface area contributed by atoms with E-state index < -0.39 is 11.9 Å². The van der Waals surface area contributed by atoms with Crippen molar-refractivity contribution in [1.29, 1.82) is 0 Å². The second-order valence-electron chi connectivity index (χ2n) is 7.77. The van der Waals surface area contributed by atoms with Gasteiger partial charge in [0.05, 0.1) is 24.3 Å². The quantitative estimate of drug-likeness (QED) is 0.236. The van der Waals surface area contributed by atoms with Crippen LogP contribution in [0.2, 0.25) is 0 Å². The van der Waals surface area contributed by atoms with E-state index in [1.807, 2.05) is 0 Å². The zero-order valence-corrected chi connectivity index (χ0v) is 20.7. The van der Waals surface area contributed by atoms with Crippen molar-refractivity contribution in [2.45, 2.75) is 39.5 Å². The molecule has 10 nitrogen and oxygen atoms in total. The summed E-state index contributed by atoms with van der Waals surface area (Å²) in [6, 6.07) is 12.4. The van der Waals surface area contributed by atoms with Gasteiger partial charge in [-0.25, -0.2) is 19.2 Å². The Morgan fingerprint density at radius 1 is 0.583 bits per heavy atom. The van der Waals surface area contributed by atoms with Crippen LogP contribution in [0.15, 0.2) is 48.5 Å². The van der Waals surface area contributed by atoms with Gasteiger partial charge in [0.2, 0.25) is 0 Å². The SMILES string of the molecule is CCOC(=O)c1ccc(NC(=O)NCCCCCCNC(=O)Nc2ccc(C(=O)OCC)cc2)cc1. The molecular formula is C26H34N4O6. The standard InChI is InChI=1S/C26H34N4O6/c1-3-35-23(31)19-9-13-21(14-10-19)29-25(33)27-17-7-5-6-8-18-28-26(34)30-22-15-11-20(12-16-22)24(32)36-4-2/h9-16H,3-8,17-18H2,1-2H3,(H2,27,29,33)(H2,28,30,34). The van der Waals surface area contributed by atoms with Gasteiger partial charge in [-0.15, -0.1) is 0 Å². The predicted octanol–water partition coefficient (Wildman–Crippen LogP) is 4.54. The second-order valence-corrected chi connectivity index (χ2v) is 7.77. The summed E-state index contributed by atoms with van der Waals surface area (Å²) in [6.45, 7) is 5.16. The maximum Gasteiger partial charge on any atom is 0.338 e. The van der Waals surface area contributed by atoms with Gasteiger partial charge in [-0.3, -0.25) is 0 Å². The summed E-state index contributed by atoms with van der Waals surface area (Å²) >= 11 is 0. The summed E-state index contributed by atoms with van der Waals surface area (Å²) in [6.07, 6.45) is 3.45. The number of ether oxygens (including phenoxy) is 2. The zero-order chi connectivity index (χ0) is 26.2. The third kappa shape index (κ3) is 10.5. The van der Waals surface area contributed by atoms with Crippen LogP contribution in [0.1, 0.15) is 60.2 Å². The zero-order valence-electron chi connectivity index (χ0n) is 20.7. The van der Waals surface area contributed by atoms with Crippen LogP contribution < -0.4 is 21.3 Å². The van der Waals surface area contributed by atoms with Crippen LogP contribution >= 0.6 is 0 Å². The number of carbonyl (C=O) groups excluding carboxylic acids is 4. The fraction of sp³-hybridized carbons (Fsp3) is 0.385. The van der Waals surface area contributed by atoms with Gasteiger partial charge in [0.1, 0.15) is 0 Å². The number of unbranched alkanes of at least 4 members (excludes halogenated alkanes) is 3. The summed E-state index contributed by atoms with van der Waals surface area (Å²) in [5, 5.41) is 11.0. The van der Waals surface area contributed by atoms with E-state index in [0.29, 0.717) is 48.8 Å². The van der Waals surface area contributed by atoms with Crippen molar-refractivity contribution in [2.75, 3.05) is 36.9 Å². The molecule has 0 heterocycles. The van der Waals surface area contributed by atoms with Crippen molar-refractivity contribution in [3.05, 3.63) is 59.7 Å². The first-order chi connectivity index (χ1) is 17.4. The van der Waals surface area contributed by atoms with Gasteiger partial charge in [-0.05, 0) is 75.2 Å². The van der Waals surface area contributed by atoms with Gasteiger partial charge in [-0.2, -0.15) is 0 Å². The van der Waals surface area contributed by atoms with Crippen LogP contribution in [-0.4, -0.2) is 50.3 Å². The molecule has 0 aromatic heterocycles. The summed E-state index contributed by atoms with van der Waals surface area (Å²) in [7, 11) is 0. The summed E-state index contributed by atoms with van der Waals surface area (Å²) < 4.78 is 9.85. The Bertz CT molecular complexity index is 911. The lowest BCUT2D eigenvalue weighted by atomic mass is 10.2. The Labute approximate surface area is 211 Å². The van der Waals surface area contributed by atoms with E-state index in [9.17, 15) is 19.2 Å². The van der Waals surface area contributed by atoms with Crippen molar-refractivity contribution in [3.63, 3.8) is 0 Å². The van der Waals surface area contributed by atoms with Crippen molar-refractivity contribution in [1.82, 2.24) is 10.6 Å². The predicted molar refractivity (Wildman–Crippen MR) is 137 cm³/mol. The Hall–Kier alpha value is -4.08. The molecule has 0 unspecified atom stereocenters. The molecule has 4 N–H and O–H groups in total. The van der Waals surface area contributed by atoms with E-state index in [0.717, 1.165) is 25.7 Å². The van der Waals surface area contributed by atoms with Crippen LogP contribution in [0, 0.1) is 0 Å². The molecule has 0 saturated heterocycles. The lowest BCUT2D eigenvalue weighted by Crippen LogP contribution is -2.30. The average Bonchev–Trinajstić information content (AvgIpc) is 2.86. The fourth-order valence-electron chi connectivity index (χ4n) is 3.17. The molecule has 2 aromatic rings. The lowest BCUT2D eigenvalue weighted by molar-refractivity contribution is 0.0517. The molecule has 0 bridgehead atoms. The molecule has 0 spiro atoms. The first-order valence-electron chi connectivity index (χ1n) is 12.1. The lowest BCUT2D eigenvalue weighted by Gasteiger charge is -2.09. The third-order valence-electron chi connectivity index (χ3n) is 4.98. The maximum atomic E-state index is 12.0. The van der Waals surface area contributed by atoms with Gasteiger partial charge in [0.25, 0.3) is 0 Å². The smallest absolute Gasteiger partial charge is 0.338 e. The Morgan fingerprint density at radius 2 is 0.944 bits per heavy atom. The van der Waals surface area contributed by atoms with Crippen LogP contribution in [0.25, 0.3) is 0 Å². The number of rotatable bonds is 13. The third-order valence-corrected chi connectivity index (χ3v) is 4.98. The highest BCUT2D eigenvalue weighted by atomic mass is 16.5. The molecule has 0 saturated carbocycles. The van der Waals surface area contributed by atoms with Crippen LogP contribution in [-0.2, 0) is 9.47 Å². The first kappa shape index (κ1) is 28.2. The molecule has 0 fully saturated rings. The largest absolute Gasteiger partial charge is 0.462 e. The minimum absolute atomic E-state index is 0.308. The second kappa shape index (κ2) is 15.8. The number of esters is 2. The average molecular weight is 499 g/mol. The Morgan fingerprint density at radius 3 is 1.28 bits per heavy atom. The summed E-state index contributed by atoms with van der Waals surface area (Å²) in [5.41, 5.74) is 2.03. The van der Waals surface area contributed by atoms with Crippen LogP contribution in [0.5, 0.6) is 0 Å². The molecule has 194 valence electrons. The van der Waals surface area contributed by atoms with E-state index in [1.165, 1.54) is 0 Å². The summed E-state index contributed by atoms with van der Waals surface area (Å²) in [5.74, 6) is -0.794. The van der Waals surface area contributed by atoms with E-state index in [-0.39, 0.29) is 12.1 Å². The number of benzene rings is 2. The highest BCUT2D eigenvalue weighted by molar-refractivity contribution is 5.93. The van der Waals surface area contributed by atoms with E-state index in [2.05, 4.69) is 21.3 Å². The number of nitrogens with one attached hydrogen (secondary N) is 4. The van der Waals surface area contributed by atoms with Crippen molar-refractivity contribution < 1.29 is 28.7 Å². The van der Waals surface area contributed by atoms with Crippen LogP contribution in [0.3, 0.4) is 0 Å². The maximum absolute atomic E-state index is 12.0. The molecule has 0 radical (unpaired) electrons. The molecule has 0 aliphatic heterocycles. The topological polar surface area (TPSA) is 135 Å². The molecule has 2 rings (SSSR count). The Balaban J connectivity index is 1.51. The number of hydrogen-bond donors (Lipinski definition) is 4. The van der Waals surface area contributed by atoms with Crippen molar-refractivity contribution in [2.24, 2.45) is 0 Å². The fourth-order valence-corrected chi connectivity index (χ4v) is 3.17. The van der Waals surface area contributed by atoms with E-state index in [1.54, 1.807) is 62.4 Å². The van der Waals surface area contributed by atoms with Gasteiger partial charge in [0.15, 0.2) is 0 Å². The van der Waals surface area contributed by atoms with Crippen molar-refractivity contribution in [3.8, 4) is 0 Å². The molecule has 0 aliphatic rings.